The van der Waals surface area contributed by atoms with Gasteiger partial charge < -0.3 is 0 Å². The van der Waals surface area contributed by atoms with Gasteiger partial charge in [0.15, 0.2) is 0 Å². The van der Waals surface area contributed by atoms with E-state index in [4.69, 9.17) is 4.99 Å². The van der Waals surface area contributed by atoms with Gasteiger partial charge in [-0.25, -0.2) is 0 Å². The summed E-state index contributed by atoms with van der Waals surface area (Å²) in [7, 11) is 0. The maximum atomic E-state index is 4.90. The Balaban J connectivity index is 1.89. The molecule has 0 bridgehead atoms. The van der Waals surface area contributed by atoms with Crippen LogP contribution >= 0.6 is 0 Å². The molecule has 0 spiro atoms. The molecule has 2 aromatic rings. The molecule has 1 heterocycles. The van der Waals surface area contributed by atoms with Crippen LogP contribution in [0.5, 0.6) is 0 Å². The van der Waals surface area contributed by atoms with Crippen molar-refractivity contribution in [2.45, 2.75) is 18.4 Å². The third-order valence-electron chi connectivity index (χ3n) is 4.54. The second-order valence-corrected chi connectivity index (χ2v) is 5.34. The number of hydrogen-bond acceptors (Lipinski definition) is 1. The van der Waals surface area contributed by atoms with Crippen molar-refractivity contribution in [2.75, 3.05) is 0 Å². The fraction of sp³-hybridized carbons (Fsp3) is 0.235. The van der Waals surface area contributed by atoms with Gasteiger partial charge >= 0.3 is 0 Å². The van der Waals surface area contributed by atoms with E-state index in [1.54, 1.807) is 0 Å². The Hall–Kier alpha value is -1.89. The molecule has 1 nitrogen and oxygen atoms in total. The fourth-order valence-electron chi connectivity index (χ4n) is 3.56. The van der Waals surface area contributed by atoms with Crippen molar-refractivity contribution in [3.05, 3.63) is 71.3 Å². The van der Waals surface area contributed by atoms with Crippen LogP contribution in [0.2, 0.25) is 0 Å². The predicted octanol–water partition coefficient (Wildman–Crippen LogP) is 3.75. The lowest BCUT2D eigenvalue weighted by molar-refractivity contribution is 0.659. The maximum absolute atomic E-state index is 4.90. The van der Waals surface area contributed by atoms with Gasteiger partial charge in [-0.2, -0.15) is 0 Å². The fourth-order valence-corrected chi connectivity index (χ4v) is 3.56. The second-order valence-electron chi connectivity index (χ2n) is 5.34. The van der Waals surface area contributed by atoms with E-state index in [9.17, 15) is 0 Å². The van der Waals surface area contributed by atoms with Crippen LogP contribution in [-0.2, 0) is 5.54 Å². The van der Waals surface area contributed by atoms with Crippen LogP contribution in [0.25, 0.3) is 0 Å². The number of rotatable bonds is 1. The Morgan fingerprint density at radius 3 is 2.50 bits per heavy atom. The molecule has 2 aromatic carbocycles. The number of aliphatic imine (C=N–C) groups is 1. The molecule has 18 heavy (non-hydrogen) atoms. The van der Waals surface area contributed by atoms with Crippen LogP contribution in [0, 0.1) is 5.92 Å². The van der Waals surface area contributed by atoms with Gasteiger partial charge in [-0.15, -0.1) is 0 Å². The van der Waals surface area contributed by atoms with E-state index >= 15 is 0 Å². The quantitative estimate of drug-likeness (QED) is 0.711. The molecule has 0 aromatic heterocycles. The van der Waals surface area contributed by atoms with Crippen LogP contribution in [0.15, 0.2) is 59.6 Å². The predicted molar refractivity (Wildman–Crippen MR) is 74.1 cm³/mol. The Labute approximate surface area is 107 Å². The monoisotopic (exact) mass is 233 g/mol. The van der Waals surface area contributed by atoms with Gasteiger partial charge in [0.2, 0.25) is 0 Å². The van der Waals surface area contributed by atoms with Gasteiger partial charge in [0.1, 0.15) is 0 Å². The lowest BCUT2D eigenvalue weighted by Crippen LogP contribution is -2.12. The number of benzene rings is 2. The number of nitrogens with zero attached hydrogens (tertiary/aromatic N) is 1. The molecule has 1 fully saturated rings. The lowest BCUT2D eigenvalue weighted by atomic mass is 9.94. The number of fused-ring (bicyclic) bond motifs is 3. The van der Waals surface area contributed by atoms with Crippen LogP contribution in [-0.4, -0.2) is 6.21 Å². The van der Waals surface area contributed by atoms with Crippen molar-refractivity contribution in [1.29, 1.82) is 0 Å². The van der Waals surface area contributed by atoms with E-state index in [2.05, 4.69) is 67.7 Å². The molecule has 0 N–H and O–H groups in total. The van der Waals surface area contributed by atoms with Crippen molar-refractivity contribution in [3.63, 3.8) is 0 Å². The molecule has 3 atom stereocenters. The van der Waals surface area contributed by atoms with E-state index < -0.39 is 0 Å². The molecule has 1 aliphatic heterocycles. The lowest BCUT2D eigenvalue weighted by Gasteiger charge is -2.19. The maximum Gasteiger partial charge on any atom is 0.0960 e. The highest BCUT2D eigenvalue weighted by molar-refractivity contribution is 5.86. The summed E-state index contributed by atoms with van der Waals surface area (Å²) in [4.78, 5) is 4.90. The zero-order valence-corrected chi connectivity index (χ0v) is 10.4. The summed E-state index contributed by atoms with van der Waals surface area (Å²) >= 11 is 0. The van der Waals surface area contributed by atoms with E-state index in [1.165, 1.54) is 16.7 Å². The minimum absolute atomic E-state index is 0.00954. The molecule has 1 saturated carbocycles. The second kappa shape index (κ2) is 3.32. The molecular formula is C17H15N. The molecule has 88 valence electrons. The normalized spacial score (nSPS) is 31.6. The summed E-state index contributed by atoms with van der Waals surface area (Å²) in [5, 5.41) is 0. The smallest absolute Gasteiger partial charge is 0.0960 e. The van der Waals surface area contributed by atoms with Crippen molar-refractivity contribution in [2.24, 2.45) is 10.9 Å². The molecule has 0 saturated heterocycles. The van der Waals surface area contributed by atoms with Crippen LogP contribution in [0.4, 0.5) is 0 Å². The third kappa shape index (κ3) is 1.09. The Kier molecular flexibility index (Phi) is 1.86. The molecular weight excluding hydrogens is 218 g/mol. The van der Waals surface area contributed by atoms with Gasteiger partial charge in [0.25, 0.3) is 0 Å². The minimum Gasteiger partial charge on any atom is -0.280 e. The first kappa shape index (κ1) is 10.1. The van der Waals surface area contributed by atoms with Gasteiger partial charge in [0, 0.05) is 12.1 Å². The zero-order chi connectivity index (χ0) is 12.2. The van der Waals surface area contributed by atoms with Crippen molar-refractivity contribution >= 4 is 6.21 Å². The highest BCUT2D eigenvalue weighted by Gasteiger charge is 2.65. The Morgan fingerprint density at radius 1 is 0.944 bits per heavy atom. The first-order valence-electron chi connectivity index (χ1n) is 6.54. The van der Waals surface area contributed by atoms with Crippen molar-refractivity contribution in [3.8, 4) is 0 Å². The summed E-state index contributed by atoms with van der Waals surface area (Å²) in [6, 6.07) is 19.4. The van der Waals surface area contributed by atoms with Gasteiger partial charge in [-0.3, -0.25) is 4.99 Å². The van der Waals surface area contributed by atoms with E-state index in [-0.39, 0.29) is 5.54 Å². The van der Waals surface area contributed by atoms with Gasteiger partial charge in [0.05, 0.1) is 5.54 Å². The van der Waals surface area contributed by atoms with Crippen LogP contribution < -0.4 is 0 Å². The molecule has 0 amide bonds. The molecule has 4 rings (SSSR count). The largest absolute Gasteiger partial charge is 0.280 e. The SMILES string of the molecule is C[C@H]1C2c3ccccc3C=N[C@@]21c1ccccc1. The summed E-state index contributed by atoms with van der Waals surface area (Å²) in [6.45, 7) is 2.32. The van der Waals surface area contributed by atoms with Crippen molar-refractivity contribution in [1.82, 2.24) is 0 Å². The van der Waals surface area contributed by atoms with E-state index in [1.807, 2.05) is 0 Å². The average molecular weight is 233 g/mol. The Morgan fingerprint density at radius 2 is 1.67 bits per heavy atom. The molecule has 0 radical (unpaired) electrons. The molecule has 1 unspecified atom stereocenters. The van der Waals surface area contributed by atoms with E-state index in [0.29, 0.717) is 11.8 Å². The average Bonchev–Trinajstić information content (AvgIpc) is 3.07. The highest BCUT2D eigenvalue weighted by Crippen LogP contribution is 2.68. The summed E-state index contributed by atoms with van der Waals surface area (Å²) in [6.07, 6.45) is 2.06. The topological polar surface area (TPSA) is 12.4 Å². The van der Waals surface area contributed by atoms with Crippen molar-refractivity contribution < 1.29 is 0 Å². The first-order valence-corrected chi connectivity index (χ1v) is 6.54. The Bertz CT molecular complexity index is 629. The molecule has 1 aliphatic carbocycles. The summed E-state index contributed by atoms with van der Waals surface area (Å²) in [5.74, 6) is 1.15. The standard InChI is InChI=1S/C17H15N/c1-12-16-15-10-6-5-7-13(15)11-18-17(12,16)14-8-3-2-4-9-14/h2-12,16H,1H3/t12-,16?,17-/m0/s1. The molecule has 2 aliphatic rings. The summed E-state index contributed by atoms with van der Waals surface area (Å²) < 4.78 is 0. The highest BCUT2D eigenvalue weighted by atomic mass is 15.0. The van der Waals surface area contributed by atoms with Crippen LogP contribution in [0.1, 0.15) is 29.5 Å². The first-order chi connectivity index (χ1) is 8.84. The molecule has 1 heteroatoms. The van der Waals surface area contributed by atoms with Gasteiger partial charge in [-0.05, 0) is 22.6 Å². The van der Waals surface area contributed by atoms with E-state index in [0.717, 1.165) is 0 Å². The van der Waals surface area contributed by atoms with Gasteiger partial charge in [-0.1, -0.05) is 61.5 Å². The van der Waals surface area contributed by atoms with Crippen LogP contribution in [0.3, 0.4) is 0 Å². The summed E-state index contributed by atoms with van der Waals surface area (Å²) in [5.41, 5.74) is 4.12. The minimum atomic E-state index is 0.00954. The number of hydrogen-bond donors (Lipinski definition) is 0. The third-order valence-corrected chi connectivity index (χ3v) is 4.54. The zero-order valence-electron chi connectivity index (χ0n) is 10.4.